The second-order valence-electron chi connectivity index (χ2n) is 8.14. The van der Waals surface area contributed by atoms with Gasteiger partial charge in [-0.05, 0) is 54.4 Å². The van der Waals surface area contributed by atoms with Gasteiger partial charge in [0, 0.05) is 11.5 Å². The van der Waals surface area contributed by atoms with Crippen LogP contribution in [0.15, 0.2) is 23.8 Å². The molecule has 0 bridgehead atoms. The van der Waals surface area contributed by atoms with Gasteiger partial charge in [-0.25, -0.2) is 4.79 Å². The van der Waals surface area contributed by atoms with Gasteiger partial charge in [0.05, 0.1) is 6.10 Å². The Kier molecular flexibility index (Phi) is 3.87. The highest BCUT2D eigenvalue weighted by atomic mass is 16.4. The molecule has 0 aromatic rings. The molecular formula is C20H28O3. The molecule has 4 rings (SSSR count). The Hall–Kier alpha value is -1.09. The minimum Gasteiger partial charge on any atom is -0.478 e. The zero-order chi connectivity index (χ0) is 16.1. The molecule has 0 unspecified atom stereocenters. The van der Waals surface area contributed by atoms with E-state index in [9.17, 15) is 15.0 Å². The van der Waals surface area contributed by atoms with Crippen molar-refractivity contribution < 1.29 is 15.0 Å². The van der Waals surface area contributed by atoms with Crippen LogP contribution in [0.2, 0.25) is 0 Å². The monoisotopic (exact) mass is 316 g/mol. The summed E-state index contributed by atoms with van der Waals surface area (Å²) in [6, 6.07) is 0. The second-order valence-corrected chi connectivity index (χ2v) is 8.14. The van der Waals surface area contributed by atoms with Crippen LogP contribution >= 0.6 is 0 Å². The van der Waals surface area contributed by atoms with Crippen molar-refractivity contribution in [2.45, 2.75) is 51.6 Å². The third-order valence-electron chi connectivity index (χ3n) is 7.21. The standard InChI is InChI=1S/C20H28O3/c1-2-3-4-5-6-11-12-7-8-13-15(20(22)23)10-17(21)16-9-14(11)18(12)19(13)16/h7-8,10-14,16-19,21H,2-6,9H2,1H3,(H,22,23)/t11-,12-,13+,14+,16+,17-,18-,19+/m1/s1. The van der Waals surface area contributed by atoms with Crippen LogP contribution in [-0.2, 0) is 4.79 Å². The molecule has 0 spiro atoms. The number of aliphatic hydroxyl groups is 1. The molecule has 0 saturated heterocycles. The van der Waals surface area contributed by atoms with Gasteiger partial charge in [0.15, 0.2) is 0 Å². The van der Waals surface area contributed by atoms with Crippen LogP contribution < -0.4 is 0 Å². The molecule has 0 heterocycles. The van der Waals surface area contributed by atoms with Crippen LogP contribution in [0, 0.1) is 41.4 Å². The largest absolute Gasteiger partial charge is 0.478 e. The van der Waals surface area contributed by atoms with Crippen molar-refractivity contribution >= 4 is 5.97 Å². The molecule has 0 amide bonds. The van der Waals surface area contributed by atoms with Gasteiger partial charge in [-0.2, -0.15) is 0 Å². The molecular weight excluding hydrogens is 288 g/mol. The first kappa shape index (κ1) is 15.4. The zero-order valence-corrected chi connectivity index (χ0v) is 13.9. The fourth-order valence-corrected chi connectivity index (χ4v) is 6.30. The van der Waals surface area contributed by atoms with E-state index in [0.717, 1.165) is 18.3 Å². The maximum absolute atomic E-state index is 11.5. The van der Waals surface area contributed by atoms with Crippen LogP contribution in [0.25, 0.3) is 0 Å². The average Bonchev–Trinajstić information content (AvgIpc) is 2.88. The first-order valence-corrected chi connectivity index (χ1v) is 9.45. The summed E-state index contributed by atoms with van der Waals surface area (Å²) in [6.07, 6.45) is 13.2. The van der Waals surface area contributed by atoms with Crippen molar-refractivity contribution in [2.24, 2.45) is 41.4 Å². The summed E-state index contributed by atoms with van der Waals surface area (Å²) in [6.45, 7) is 2.25. The molecule has 0 aromatic carbocycles. The lowest BCUT2D eigenvalue weighted by Crippen LogP contribution is -2.50. The lowest BCUT2D eigenvalue weighted by molar-refractivity contribution is -0.134. The van der Waals surface area contributed by atoms with E-state index in [1.165, 1.54) is 32.1 Å². The second kappa shape index (κ2) is 5.77. The van der Waals surface area contributed by atoms with Gasteiger partial charge in [-0.3, -0.25) is 0 Å². The lowest BCUT2D eigenvalue weighted by atomic mass is 9.50. The molecule has 0 radical (unpaired) electrons. The Morgan fingerprint density at radius 2 is 2.00 bits per heavy atom. The van der Waals surface area contributed by atoms with Crippen molar-refractivity contribution in [3.05, 3.63) is 23.8 Å². The highest BCUT2D eigenvalue weighted by Crippen LogP contribution is 2.67. The Balaban J connectivity index is 1.53. The number of allylic oxidation sites excluding steroid dienone is 2. The van der Waals surface area contributed by atoms with E-state index in [1.54, 1.807) is 6.08 Å². The number of aliphatic carboxylic acids is 1. The molecule has 4 aliphatic carbocycles. The summed E-state index contributed by atoms with van der Waals surface area (Å²) in [5, 5.41) is 19.9. The average molecular weight is 316 g/mol. The molecule has 8 atom stereocenters. The highest BCUT2D eigenvalue weighted by molar-refractivity contribution is 5.88. The number of carboxylic acid groups (broad SMARTS) is 1. The van der Waals surface area contributed by atoms with Crippen LogP contribution in [0.5, 0.6) is 0 Å². The molecule has 3 nitrogen and oxygen atoms in total. The molecule has 3 heteroatoms. The van der Waals surface area contributed by atoms with Gasteiger partial charge < -0.3 is 10.2 Å². The maximum atomic E-state index is 11.5. The zero-order valence-electron chi connectivity index (χ0n) is 13.9. The van der Waals surface area contributed by atoms with E-state index in [2.05, 4.69) is 19.1 Å². The van der Waals surface area contributed by atoms with E-state index in [1.807, 2.05) is 0 Å². The first-order chi connectivity index (χ1) is 11.1. The lowest BCUT2D eigenvalue weighted by Gasteiger charge is -2.54. The smallest absolute Gasteiger partial charge is 0.331 e. The van der Waals surface area contributed by atoms with Gasteiger partial charge in [-0.15, -0.1) is 0 Å². The SMILES string of the molecule is CCCCCC[C@@H]1[C@H]2C=C[C@H]3C(C(=O)O)=C[C@@H](O)[C@@H]4C[C@@H]1[C@@H]2[C@H]43. The normalized spacial score (nSPS) is 46.1. The number of carboxylic acids is 1. The van der Waals surface area contributed by atoms with Crippen molar-refractivity contribution in [1.82, 2.24) is 0 Å². The maximum Gasteiger partial charge on any atom is 0.331 e. The van der Waals surface area contributed by atoms with E-state index < -0.39 is 12.1 Å². The predicted molar refractivity (Wildman–Crippen MR) is 88.7 cm³/mol. The summed E-state index contributed by atoms with van der Waals surface area (Å²) in [5.74, 6) is 2.61. The molecule has 23 heavy (non-hydrogen) atoms. The van der Waals surface area contributed by atoms with Crippen LogP contribution in [-0.4, -0.2) is 22.3 Å². The topological polar surface area (TPSA) is 57.5 Å². The van der Waals surface area contributed by atoms with E-state index in [0.29, 0.717) is 23.3 Å². The van der Waals surface area contributed by atoms with E-state index in [-0.39, 0.29) is 11.8 Å². The number of rotatable bonds is 6. The summed E-state index contributed by atoms with van der Waals surface area (Å²) < 4.78 is 0. The van der Waals surface area contributed by atoms with Crippen molar-refractivity contribution in [1.29, 1.82) is 0 Å². The van der Waals surface area contributed by atoms with Gasteiger partial charge >= 0.3 is 5.97 Å². The Morgan fingerprint density at radius 3 is 2.74 bits per heavy atom. The number of hydrogen-bond acceptors (Lipinski definition) is 2. The minimum absolute atomic E-state index is 0.0354. The Morgan fingerprint density at radius 1 is 1.17 bits per heavy atom. The Labute approximate surface area is 138 Å². The summed E-state index contributed by atoms with van der Waals surface area (Å²) >= 11 is 0. The molecule has 2 N–H and O–H groups in total. The van der Waals surface area contributed by atoms with E-state index in [4.69, 9.17) is 0 Å². The number of aliphatic hydroxyl groups excluding tert-OH is 1. The van der Waals surface area contributed by atoms with Gasteiger partial charge in [0.1, 0.15) is 0 Å². The molecule has 0 aromatic heterocycles. The van der Waals surface area contributed by atoms with Gasteiger partial charge in [0.25, 0.3) is 0 Å². The Bertz CT molecular complexity index is 549. The van der Waals surface area contributed by atoms with Crippen molar-refractivity contribution in [2.75, 3.05) is 0 Å². The van der Waals surface area contributed by atoms with E-state index >= 15 is 0 Å². The quantitative estimate of drug-likeness (QED) is 0.581. The third kappa shape index (κ3) is 2.23. The molecule has 2 fully saturated rings. The summed E-state index contributed by atoms with van der Waals surface area (Å²) in [5.41, 5.74) is 0.431. The third-order valence-corrected chi connectivity index (χ3v) is 7.21. The van der Waals surface area contributed by atoms with Gasteiger partial charge in [0.2, 0.25) is 0 Å². The fraction of sp³-hybridized carbons (Fsp3) is 0.750. The van der Waals surface area contributed by atoms with Crippen LogP contribution in [0.1, 0.15) is 45.4 Å². The molecule has 0 aliphatic heterocycles. The number of hydrogen-bond donors (Lipinski definition) is 2. The molecule has 126 valence electrons. The highest BCUT2D eigenvalue weighted by Gasteiger charge is 2.63. The van der Waals surface area contributed by atoms with Crippen molar-refractivity contribution in [3.8, 4) is 0 Å². The van der Waals surface area contributed by atoms with Crippen LogP contribution in [0.3, 0.4) is 0 Å². The van der Waals surface area contributed by atoms with Crippen LogP contribution in [0.4, 0.5) is 0 Å². The summed E-state index contributed by atoms with van der Waals surface area (Å²) in [7, 11) is 0. The predicted octanol–water partition coefficient (Wildman–Crippen LogP) is 3.64. The molecule has 4 aliphatic rings. The number of carbonyl (C=O) groups is 1. The fourth-order valence-electron chi connectivity index (χ4n) is 6.30. The molecule has 2 saturated carbocycles. The minimum atomic E-state index is -0.852. The van der Waals surface area contributed by atoms with Gasteiger partial charge in [-0.1, -0.05) is 44.8 Å². The first-order valence-electron chi connectivity index (χ1n) is 9.45. The number of unbranched alkanes of at least 4 members (excludes halogenated alkanes) is 3. The summed E-state index contributed by atoms with van der Waals surface area (Å²) in [4.78, 5) is 11.5. The van der Waals surface area contributed by atoms with Crippen molar-refractivity contribution in [3.63, 3.8) is 0 Å².